The summed E-state index contributed by atoms with van der Waals surface area (Å²) in [6.07, 6.45) is 1.40. The van der Waals surface area contributed by atoms with E-state index in [-0.39, 0.29) is 17.9 Å². The average Bonchev–Trinajstić information content (AvgIpc) is 3.11. The van der Waals surface area contributed by atoms with Gasteiger partial charge in [-0.15, -0.1) is 0 Å². The SMILES string of the molecule is Cc1cc(=O)c2ccccc2n1CC(=O)NCCCc1nc2ccccc2o1. The number of carbonyl (C=O) groups is 1. The fourth-order valence-electron chi connectivity index (χ4n) is 3.36. The van der Waals surface area contributed by atoms with Crippen molar-refractivity contribution in [2.75, 3.05) is 6.54 Å². The Labute approximate surface area is 161 Å². The van der Waals surface area contributed by atoms with Crippen molar-refractivity contribution in [1.29, 1.82) is 0 Å². The molecule has 28 heavy (non-hydrogen) atoms. The van der Waals surface area contributed by atoms with E-state index < -0.39 is 0 Å². The highest BCUT2D eigenvalue weighted by atomic mass is 16.3. The van der Waals surface area contributed by atoms with Gasteiger partial charge in [-0.1, -0.05) is 24.3 Å². The van der Waals surface area contributed by atoms with Gasteiger partial charge in [-0.05, 0) is 37.6 Å². The molecule has 2 heterocycles. The van der Waals surface area contributed by atoms with Gasteiger partial charge < -0.3 is 14.3 Å². The van der Waals surface area contributed by atoms with Crippen LogP contribution in [0, 0.1) is 6.92 Å². The normalized spacial score (nSPS) is 11.2. The van der Waals surface area contributed by atoms with Crippen molar-refractivity contribution in [3.8, 4) is 0 Å². The largest absolute Gasteiger partial charge is 0.441 e. The lowest BCUT2D eigenvalue weighted by Gasteiger charge is -2.14. The molecule has 0 bridgehead atoms. The van der Waals surface area contributed by atoms with Crippen LogP contribution in [0.2, 0.25) is 0 Å². The molecule has 0 aliphatic heterocycles. The second-order valence-corrected chi connectivity index (χ2v) is 6.78. The number of hydrogen-bond acceptors (Lipinski definition) is 4. The standard InChI is InChI=1S/C22H21N3O3/c1-15-13-19(26)16-7-2-4-9-18(16)25(15)14-21(27)23-12-6-11-22-24-17-8-3-5-10-20(17)28-22/h2-5,7-10,13H,6,11-12,14H2,1H3,(H,23,27). The van der Waals surface area contributed by atoms with E-state index in [1.807, 2.05) is 54.0 Å². The predicted octanol–water partition coefficient (Wildman–Crippen LogP) is 3.20. The van der Waals surface area contributed by atoms with Gasteiger partial charge in [0, 0.05) is 30.1 Å². The third-order valence-electron chi connectivity index (χ3n) is 4.76. The number of aromatic nitrogens is 2. The van der Waals surface area contributed by atoms with Gasteiger partial charge in [-0.3, -0.25) is 9.59 Å². The maximum atomic E-state index is 12.4. The summed E-state index contributed by atoms with van der Waals surface area (Å²) in [4.78, 5) is 29.0. The van der Waals surface area contributed by atoms with Crippen LogP contribution in [0.5, 0.6) is 0 Å². The zero-order chi connectivity index (χ0) is 19.5. The first-order valence-electron chi connectivity index (χ1n) is 9.32. The summed E-state index contributed by atoms with van der Waals surface area (Å²) < 4.78 is 7.56. The summed E-state index contributed by atoms with van der Waals surface area (Å²) in [7, 11) is 0. The van der Waals surface area contributed by atoms with Gasteiger partial charge in [0.25, 0.3) is 0 Å². The number of nitrogens with one attached hydrogen (secondary N) is 1. The highest BCUT2D eigenvalue weighted by Gasteiger charge is 2.10. The van der Waals surface area contributed by atoms with Gasteiger partial charge in [0.2, 0.25) is 5.91 Å². The summed E-state index contributed by atoms with van der Waals surface area (Å²) in [5, 5.41) is 3.56. The molecule has 0 radical (unpaired) electrons. The molecule has 0 atom stereocenters. The van der Waals surface area contributed by atoms with Gasteiger partial charge >= 0.3 is 0 Å². The number of aryl methyl sites for hydroxylation is 2. The van der Waals surface area contributed by atoms with E-state index in [1.54, 1.807) is 12.1 Å². The van der Waals surface area contributed by atoms with Gasteiger partial charge in [0.05, 0.1) is 5.52 Å². The number of nitrogens with zero attached hydrogens (tertiary/aromatic N) is 2. The Bertz CT molecular complexity index is 1170. The fraction of sp³-hybridized carbons (Fsp3) is 0.227. The second-order valence-electron chi connectivity index (χ2n) is 6.78. The molecule has 0 saturated carbocycles. The first kappa shape index (κ1) is 18.0. The molecule has 4 rings (SSSR count). The maximum absolute atomic E-state index is 12.4. The van der Waals surface area contributed by atoms with Crippen molar-refractivity contribution < 1.29 is 9.21 Å². The Hall–Kier alpha value is -3.41. The van der Waals surface area contributed by atoms with Crippen LogP contribution in [0.15, 0.2) is 63.8 Å². The molecule has 2 aromatic carbocycles. The molecule has 0 aliphatic carbocycles. The molecule has 0 unspecified atom stereocenters. The van der Waals surface area contributed by atoms with Crippen LogP contribution >= 0.6 is 0 Å². The first-order chi connectivity index (χ1) is 13.6. The minimum atomic E-state index is -0.0885. The van der Waals surface area contributed by atoms with Gasteiger partial charge in [0.1, 0.15) is 12.1 Å². The average molecular weight is 375 g/mol. The Morgan fingerprint density at radius 2 is 1.93 bits per heavy atom. The van der Waals surface area contributed by atoms with E-state index in [9.17, 15) is 9.59 Å². The summed E-state index contributed by atoms with van der Waals surface area (Å²) in [5.41, 5.74) is 3.15. The summed E-state index contributed by atoms with van der Waals surface area (Å²) in [5.74, 6) is 0.590. The lowest BCUT2D eigenvalue weighted by Crippen LogP contribution is -2.30. The summed E-state index contributed by atoms with van der Waals surface area (Å²) >= 11 is 0. The van der Waals surface area contributed by atoms with Crippen LogP contribution in [0.1, 0.15) is 18.0 Å². The molecule has 0 saturated heterocycles. The lowest BCUT2D eigenvalue weighted by molar-refractivity contribution is -0.121. The fourth-order valence-corrected chi connectivity index (χ4v) is 3.36. The number of benzene rings is 2. The Kier molecular flexibility index (Phi) is 4.93. The Balaban J connectivity index is 1.36. The zero-order valence-corrected chi connectivity index (χ0v) is 15.6. The smallest absolute Gasteiger partial charge is 0.239 e. The molecule has 1 N–H and O–H groups in total. The van der Waals surface area contributed by atoms with E-state index in [0.29, 0.717) is 24.2 Å². The van der Waals surface area contributed by atoms with Crippen molar-refractivity contribution in [1.82, 2.24) is 14.9 Å². The number of pyridine rings is 1. The van der Waals surface area contributed by atoms with Crippen molar-refractivity contribution in [3.63, 3.8) is 0 Å². The molecule has 6 heteroatoms. The summed E-state index contributed by atoms with van der Waals surface area (Å²) in [6.45, 7) is 2.55. The highest BCUT2D eigenvalue weighted by molar-refractivity contribution is 5.82. The van der Waals surface area contributed by atoms with Crippen LogP contribution in [0.3, 0.4) is 0 Å². The van der Waals surface area contributed by atoms with Crippen molar-refractivity contribution in [2.24, 2.45) is 0 Å². The van der Waals surface area contributed by atoms with Crippen molar-refractivity contribution in [2.45, 2.75) is 26.3 Å². The minimum Gasteiger partial charge on any atom is -0.441 e. The monoisotopic (exact) mass is 375 g/mol. The molecule has 2 aromatic heterocycles. The predicted molar refractivity (Wildman–Crippen MR) is 108 cm³/mol. The molecule has 6 nitrogen and oxygen atoms in total. The molecule has 0 spiro atoms. The number of oxazole rings is 1. The number of fused-ring (bicyclic) bond motifs is 2. The van der Waals surface area contributed by atoms with Gasteiger partial charge in [-0.25, -0.2) is 4.98 Å². The number of rotatable bonds is 6. The van der Waals surface area contributed by atoms with Gasteiger partial charge in [-0.2, -0.15) is 0 Å². The van der Waals surface area contributed by atoms with Crippen LogP contribution in [0.25, 0.3) is 22.0 Å². The van der Waals surface area contributed by atoms with Crippen LogP contribution in [-0.4, -0.2) is 22.0 Å². The van der Waals surface area contributed by atoms with Gasteiger partial charge in [0.15, 0.2) is 16.9 Å². The number of amides is 1. The van der Waals surface area contributed by atoms with Crippen molar-refractivity contribution >= 4 is 27.9 Å². The zero-order valence-electron chi connectivity index (χ0n) is 15.6. The molecular formula is C22H21N3O3. The lowest BCUT2D eigenvalue weighted by atomic mass is 10.2. The Morgan fingerprint density at radius 3 is 2.79 bits per heavy atom. The Morgan fingerprint density at radius 1 is 1.14 bits per heavy atom. The number of para-hydroxylation sites is 3. The second kappa shape index (κ2) is 7.68. The van der Waals surface area contributed by atoms with Crippen LogP contribution in [0.4, 0.5) is 0 Å². The highest BCUT2D eigenvalue weighted by Crippen LogP contribution is 2.15. The molecule has 0 aliphatic rings. The van der Waals surface area contributed by atoms with E-state index in [0.717, 1.165) is 28.7 Å². The van der Waals surface area contributed by atoms with Crippen LogP contribution < -0.4 is 10.7 Å². The quantitative estimate of drug-likeness (QED) is 0.525. The third kappa shape index (κ3) is 3.67. The van der Waals surface area contributed by atoms with Crippen LogP contribution in [-0.2, 0) is 17.8 Å². The number of hydrogen-bond donors (Lipinski definition) is 1. The van der Waals surface area contributed by atoms with E-state index in [2.05, 4.69) is 10.3 Å². The first-order valence-corrected chi connectivity index (χ1v) is 9.32. The molecule has 0 fully saturated rings. The topological polar surface area (TPSA) is 77.1 Å². The minimum absolute atomic E-state index is 0.0249. The maximum Gasteiger partial charge on any atom is 0.239 e. The molecule has 142 valence electrons. The molecular weight excluding hydrogens is 354 g/mol. The van der Waals surface area contributed by atoms with Crippen molar-refractivity contribution in [3.05, 3.63) is 76.4 Å². The molecule has 4 aromatic rings. The van der Waals surface area contributed by atoms with E-state index in [1.165, 1.54) is 0 Å². The molecule has 1 amide bonds. The number of carbonyl (C=O) groups excluding carboxylic acids is 1. The van der Waals surface area contributed by atoms with E-state index in [4.69, 9.17) is 4.42 Å². The third-order valence-corrected chi connectivity index (χ3v) is 4.76. The van der Waals surface area contributed by atoms with E-state index >= 15 is 0 Å². The summed E-state index contributed by atoms with van der Waals surface area (Å²) in [6, 6.07) is 16.6.